The van der Waals surface area contributed by atoms with E-state index in [-0.39, 0.29) is 11.4 Å². The van der Waals surface area contributed by atoms with Crippen LogP contribution >= 0.6 is 0 Å². The van der Waals surface area contributed by atoms with Gasteiger partial charge in [0.1, 0.15) is 17.4 Å². The summed E-state index contributed by atoms with van der Waals surface area (Å²) in [4.78, 5) is 25.9. The molecule has 0 saturated heterocycles. The third-order valence-corrected chi connectivity index (χ3v) is 3.48. The molecule has 1 saturated carbocycles. The maximum Gasteiger partial charge on any atom is 0.329 e. The first-order valence-electron chi connectivity index (χ1n) is 6.07. The van der Waals surface area contributed by atoms with Crippen molar-refractivity contribution < 1.29 is 14.8 Å². The van der Waals surface area contributed by atoms with Crippen molar-refractivity contribution in [2.24, 2.45) is 0 Å². The summed E-state index contributed by atoms with van der Waals surface area (Å²) in [6.07, 6.45) is 2.06. The zero-order valence-corrected chi connectivity index (χ0v) is 10.4. The van der Waals surface area contributed by atoms with Crippen LogP contribution in [0.4, 0.5) is 11.4 Å². The highest BCUT2D eigenvalue weighted by Gasteiger charge is 2.51. The molecule has 0 amide bonds. The largest absolute Gasteiger partial charge is 0.480 e. The number of carbonyl (C=O) groups is 1. The van der Waals surface area contributed by atoms with Gasteiger partial charge >= 0.3 is 11.7 Å². The van der Waals surface area contributed by atoms with Gasteiger partial charge in [0.05, 0.1) is 10.4 Å². The Kier molecular flexibility index (Phi) is 2.56. The maximum absolute atomic E-state index is 11.3. The molecule has 7 heteroatoms. The monoisotopic (exact) mass is 273 g/mol. The van der Waals surface area contributed by atoms with E-state index in [2.05, 4.69) is 10.3 Å². The number of nitrogens with one attached hydrogen (secondary N) is 1. The number of pyridine rings is 1. The van der Waals surface area contributed by atoms with Gasteiger partial charge in [-0.05, 0) is 18.9 Å². The lowest BCUT2D eigenvalue weighted by atomic mass is 10.1. The fourth-order valence-electron chi connectivity index (χ4n) is 2.16. The van der Waals surface area contributed by atoms with Crippen molar-refractivity contribution in [1.29, 1.82) is 0 Å². The van der Waals surface area contributed by atoms with Crippen LogP contribution in [-0.4, -0.2) is 26.5 Å². The van der Waals surface area contributed by atoms with Crippen molar-refractivity contribution in [3.8, 4) is 0 Å². The summed E-state index contributed by atoms with van der Waals surface area (Å²) < 4.78 is 0. The summed E-state index contributed by atoms with van der Waals surface area (Å²) >= 11 is 0. The molecule has 0 unspecified atom stereocenters. The van der Waals surface area contributed by atoms with Crippen LogP contribution in [0.1, 0.15) is 12.8 Å². The first-order valence-corrected chi connectivity index (χ1v) is 6.07. The Balaban J connectivity index is 2.18. The third-order valence-electron chi connectivity index (χ3n) is 3.48. The minimum absolute atomic E-state index is 0.212. The molecule has 0 spiro atoms. The molecule has 1 aliphatic rings. The van der Waals surface area contributed by atoms with Crippen LogP contribution in [-0.2, 0) is 4.79 Å². The number of hydrogen-bond acceptors (Lipinski definition) is 5. The molecule has 3 rings (SSSR count). The molecule has 7 nitrogen and oxygen atoms in total. The third kappa shape index (κ3) is 1.83. The molecule has 0 atom stereocenters. The van der Waals surface area contributed by atoms with Gasteiger partial charge in [-0.3, -0.25) is 10.1 Å². The Morgan fingerprint density at radius 3 is 2.70 bits per heavy atom. The average Bonchev–Trinajstić information content (AvgIpc) is 3.20. The van der Waals surface area contributed by atoms with Crippen LogP contribution in [0.15, 0.2) is 30.5 Å². The Labute approximate surface area is 113 Å². The van der Waals surface area contributed by atoms with E-state index in [1.54, 1.807) is 24.3 Å². The summed E-state index contributed by atoms with van der Waals surface area (Å²) in [5.41, 5.74) is -0.493. The number of aromatic nitrogens is 1. The number of nitro groups is 1. The Morgan fingerprint density at radius 2 is 2.10 bits per heavy atom. The van der Waals surface area contributed by atoms with Crippen LogP contribution in [0, 0.1) is 10.1 Å². The van der Waals surface area contributed by atoms with Crippen molar-refractivity contribution in [2.75, 3.05) is 5.32 Å². The summed E-state index contributed by atoms with van der Waals surface area (Å²) in [5, 5.41) is 23.7. The Morgan fingerprint density at radius 1 is 1.40 bits per heavy atom. The van der Waals surface area contributed by atoms with Crippen LogP contribution in [0.5, 0.6) is 0 Å². The molecule has 20 heavy (non-hydrogen) atoms. The van der Waals surface area contributed by atoms with E-state index in [9.17, 15) is 20.0 Å². The first-order chi connectivity index (χ1) is 9.53. The van der Waals surface area contributed by atoms with Crippen molar-refractivity contribution in [3.63, 3.8) is 0 Å². The molecular formula is C13H11N3O4. The number of hydrogen-bond donors (Lipinski definition) is 2. The highest BCUT2D eigenvalue weighted by Crippen LogP contribution is 2.43. The normalized spacial score (nSPS) is 15.8. The van der Waals surface area contributed by atoms with Gasteiger partial charge in [-0.1, -0.05) is 18.2 Å². The van der Waals surface area contributed by atoms with Crippen LogP contribution < -0.4 is 5.32 Å². The van der Waals surface area contributed by atoms with Crippen molar-refractivity contribution >= 4 is 28.2 Å². The second-order valence-corrected chi connectivity index (χ2v) is 4.80. The summed E-state index contributed by atoms with van der Waals surface area (Å²) in [5.74, 6) is -0.993. The fourth-order valence-corrected chi connectivity index (χ4v) is 2.16. The molecule has 102 valence electrons. The second kappa shape index (κ2) is 4.16. The van der Waals surface area contributed by atoms with Gasteiger partial charge in [-0.25, -0.2) is 9.78 Å². The predicted molar refractivity (Wildman–Crippen MR) is 71.6 cm³/mol. The smallest absolute Gasteiger partial charge is 0.329 e. The zero-order valence-electron chi connectivity index (χ0n) is 10.4. The molecule has 1 heterocycles. The molecule has 1 fully saturated rings. The summed E-state index contributed by atoms with van der Waals surface area (Å²) in [6.45, 7) is 0. The van der Waals surface area contributed by atoms with Crippen LogP contribution in [0.2, 0.25) is 0 Å². The van der Waals surface area contributed by atoms with E-state index in [0.29, 0.717) is 23.7 Å². The number of carboxylic acids is 1. The lowest BCUT2D eigenvalue weighted by molar-refractivity contribution is -0.384. The number of rotatable bonds is 4. The van der Waals surface area contributed by atoms with Gasteiger partial charge in [-0.15, -0.1) is 0 Å². The van der Waals surface area contributed by atoms with Gasteiger partial charge in [0.15, 0.2) is 0 Å². The SMILES string of the molecule is O=C(O)C1(Nc2c([N+](=O)[O-])cnc3ccccc23)CC1. The highest BCUT2D eigenvalue weighted by molar-refractivity contribution is 5.99. The topological polar surface area (TPSA) is 105 Å². The van der Waals surface area contributed by atoms with E-state index in [4.69, 9.17) is 0 Å². The number of para-hydroxylation sites is 1. The van der Waals surface area contributed by atoms with Gasteiger partial charge in [0.2, 0.25) is 0 Å². The molecule has 1 aromatic carbocycles. The van der Waals surface area contributed by atoms with Gasteiger partial charge < -0.3 is 10.4 Å². The van der Waals surface area contributed by atoms with E-state index in [1.807, 2.05) is 0 Å². The minimum Gasteiger partial charge on any atom is -0.480 e. The zero-order chi connectivity index (χ0) is 14.3. The van der Waals surface area contributed by atoms with Crippen molar-refractivity contribution in [2.45, 2.75) is 18.4 Å². The number of nitrogens with zero attached hydrogens (tertiary/aromatic N) is 2. The van der Waals surface area contributed by atoms with E-state index < -0.39 is 16.4 Å². The molecule has 0 bridgehead atoms. The van der Waals surface area contributed by atoms with E-state index in [0.717, 1.165) is 6.20 Å². The first kappa shape index (κ1) is 12.3. The summed E-state index contributed by atoms with van der Waals surface area (Å²) in [7, 11) is 0. The average molecular weight is 273 g/mol. The number of carboxylic acid groups (broad SMARTS) is 1. The number of fused-ring (bicyclic) bond motifs is 1. The molecule has 2 aromatic rings. The minimum atomic E-state index is -1.09. The Bertz CT molecular complexity index is 725. The maximum atomic E-state index is 11.3. The molecule has 1 aliphatic carbocycles. The van der Waals surface area contributed by atoms with Crippen molar-refractivity contribution in [1.82, 2.24) is 4.98 Å². The summed E-state index contributed by atoms with van der Waals surface area (Å²) in [6, 6.07) is 6.93. The predicted octanol–water partition coefficient (Wildman–Crippen LogP) is 2.17. The molecule has 2 N–H and O–H groups in total. The number of anilines is 1. The quantitative estimate of drug-likeness (QED) is 0.653. The van der Waals surface area contributed by atoms with Crippen LogP contribution in [0.25, 0.3) is 10.9 Å². The fraction of sp³-hybridized carbons (Fsp3) is 0.231. The highest BCUT2D eigenvalue weighted by atomic mass is 16.6. The van der Waals surface area contributed by atoms with Crippen LogP contribution in [0.3, 0.4) is 0 Å². The number of benzene rings is 1. The standard InChI is InChI=1S/C13H11N3O4/c17-12(18)13(5-6-13)15-11-8-3-1-2-4-9(8)14-7-10(11)16(19)20/h1-4,7H,5-6H2,(H,14,15)(H,17,18). The lowest BCUT2D eigenvalue weighted by Gasteiger charge is -2.15. The van der Waals surface area contributed by atoms with E-state index in [1.165, 1.54) is 0 Å². The van der Waals surface area contributed by atoms with Gasteiger partial charge in [0.25, 0.3) is 0 Å². The molecule has 0 radical (unpaired) electrons. The Hall–Kier alpha value is -2.70. The van der Waals surface area contributed by atoms with Crippen molar-refractivity contribution in [3.05, 3.63) is 40.6 Å². The van der Waals surface area contributed by atoms with Gasteiger partial charge in [0, 0.05) is 5.39 Å². The lowest BCUT2D eigenvalue weighted by Crippen LogP contribution is -2.31. The van der Waals surface area contributed by atoms with Gasteiger partial charge in [-0.2, -0.15) is 0 Å². The molecule has 1 aromatic heterocycles. The molecular weight excluding hydrogens is 262 g/mol. The number of aliphatic carboxylic acids is 1. The molecule has 0 aliphatic heterocycles. The second-order valence-electron chi connectivity index (χ2n) is 4.80. The van der Waals surface area contributed by atoms with E-state index >= 15 is 0 Å².